The van der Waals surface area contributed by atoms with Gasteiger partial charge >= 0.3 is 0 Å². The lowest BCUT2D eigenvalue weighted by Crippen LogP contribution is -2.31. The Morgan fingerprint density at radius 3 is 2.12 bits per heavy atom. The zero-order chi connectivity index (χ0) is 29.5. The van der Waals surface area contributed by atoms with E-state index in [2.05, 4.69) is 0 Å². The van der Waals surface area contributed by atoms with Crippen LogP contribution in [0.2, 0.25) is 0 Å². The van der Waals surface area contributed by atoms with Crippen molar-refractivity contribution in [2.75, 3.05) is 20.3 Å². The fourth-order valence-electron chi connectivity index (χ4n) is 5.07. The van der Waals surface area contributed by atoms with Crippen LogP contribution in [0.3, 0.4) is 0 Å². The predicted molar refractivity (Wildman–Crippen MR) is 161 cm³/mol. The van der Waals surface area contributed by atoms with E-state index in [9.17, 15) is 14.7 Å². The molecule has 1 saturated heterocycles. The molecule has 4 aromatic carbocycles. The van der Waals surface area contributed by atoms with Crippen LogP contribution >= 0.6 is 0 Å². The summed E-state index contributed by atoms with van der Waals surface area (Å²) in [6.07, 6.45) is 0.545. The van der Waals surface area contributed by atoms with Crippen molar-refractivity contribution < 1.29 is 28.9 Å². The largest absolute Gasteiger partial charge is 0.507 e. The second kappa shape index (κ2) is 13.1. The summed E-state index contributed by atoms with van der Waals surface area (Å²) in [7, 11) is 1.55. The van der Waals surface area contributed by atoms with Gasteiger partial charge in [0.2, 0.25) is 0 Å². The maximum atomic E-state index is 13.5. The molecule has 0 radical (unpaired) electrons. The third-order valence-corrected chi connectivity index (χ3v) is 7.21. The zero-order valence-electron chi connectivity index (χ0n) is 23.7. The second-order valence-electron chi connectivity index (χ2n) is 9.87. The number of methoxy groups -OCH3 is 1. The molecule has 0 aromatic heterocycles. The van der Waals surface area contributed by atoms with Gasteiger partial charge in [0.25, 0.3) is 11.7 Å². The van der Waals surface area contributed by atoms with Gasteiger partial charge in [0.1, 0.15) is 18.1 Å². The van der Waals surface area contributed by atoms with Crippen LogP contribution in [-0.4, -0.2) is 42.0 Å². The number of Topliss-reactive ketones (excluding diaryl/α,β-unsaturated/α-hetero) is 1. The number of carbonyl (C=O) groups is 2. The number of likely N-dealkylation sites (tertiary alicyclic amines) is 1. The maximum absolute atomic E-state index is 13.5. The zero-order valence-corrected chi connectivity index (χ0v) is 23.7. The molecule has 42 heavy (non-hydrogen) atoms. The number of rotatable bonds is 11. The summed E-state index contributed by atoms with van der Waals surface area (Å²) in [5.41, 5.74) is 3.12. The summed E-state index contributed by atoms with van der Waals surface area (Å²) in [5, 5.41) is 11.4. The highest BCUT2D eigenvalue weighted by molar-refractivity contribution is 6.46. The van der Waals surface area contributed by atoms with E-state index < -0.39 is 17.7 Å². The maximum Gasteiger partial charge on any atom is 0.295 e. The van der Waals surface area contributed by atoms with E-state index in [1.165, 1.54) is 4.90 Å². The Bertz CT molecular complexity index is 1560. The minimum atomic E-state index is -0.821. The number of carbonyl (C=O) groups excluding carboxylic acids is 2. The van der Waals surface area contributed by atoms with E-state index in [1.807, 2.05) is 73.7 Å². The Morgan fingerprint density at radius 2 is 1.48 bits per heavy atom. The Balaban J connectivity index is 1.55. The van der Waals surface area contributed by atoms with Crippen molar-refractivity contribution in [2.45, 2.75) is 26.0 Å². The molecular weight excluding hydrogens is 530 g/mol. The molecular formula is C35H33NO6. The summed E-state index contributed by atoms with van der Waals surface area (Å²) in [6, 6.07) is 30.9. The smallest absolute Gasteiger partial charge is 0.295 e. The van der Waals surface area contributed by atoms with Crippen LogP contribution in [0.5, 0.6) is 17.2 Å². The fraction of sp³-hybridized carbons (Fsp3) is 0.200. The highest BCUT2D eigenvalue weighted by Gasteiger charge is 2.46. The third-order valence-electron chi connectivity index (χ3n) is 7.21. The first kappa shape index (κ1) is 28.5. The van der Waals surface area contributed by atoms with E-state index in [0.29, 0.717) is 48.0 Å². The van der Waals surface area contributed by atoms with Crippen molar-refractivity contribution in [1.29, 1.82) is 0 Å². The lowest BCUT2D eigenvalue weighted by atomic mass is 9.94. The van der Waals surface area contributed by atoms with Gasteiger partial charge in [0, 0.05) is 12.1 Å². The number of hydrogen-bond acceptors (Lipinski definition) is 6. The normalized spacial score (nSPS) is 16.0. The average Bonchev–Trinajstić information content (AvgIpc) is 3.29. The van der Waals surface area contributed by atoms with E-state index in [-0.39, 0.29) is 17.9 Å². The van der Waals surface area contributed by atoms with Crippen molar-refractivity contribution in [3.63, 3.8) is 0 Å². The first-order valence-electron chi connectivity index (χ1n) is 13.9. The summed E-state index contributed by atoms with van der Waals surface area (Å²) < 4.78 is 17.3. The lowest BCUT2D eigenvalue weighted by molar-refractivity contribution is -0.139. The monoisotopic (exact) mass is 563 g/mol. The molecule has 0 aliphatic carbocycles. The minimum Gasteiger partial charge on any atom is -0.507 e. The molecule has 5 rings (SSSR count). The SMILES string of the molecule is CCOc1cc(C2C(=C(O)c3ccc(OC)cc3)C(=O)C(=O)N2CCc2ccccc2)ccc1OCc1ccccc1. The molecule has 1 unspecified atom stereocenters. The van der Waals surface area contributed by atoms with Gasteiger partial charge in [-0.2, -0.15) is 0 Å². The number of ketones is 1. The van der Waals surface area contributed by atoms with Gasteiger partial charge in [0.15, 0.2) is 11.5 Å². The van der Waals surface area contributed by atoms with E-state index in [1.54, 1.807) is 43.5 Å². The Hall–Kier alpha value is -5.04. The van der Waals surface area contributed by atoms with Gasteiger partial charge in [-0.25, -0.2) is 0 Å². The third kappa shape index (κ3) is 6.15. The topological polar surface area (TPSA) is 85.3 Å². The molecule has 1 aliphatic rings. The van der Waals surface area contributed by atoms with Crippen LogP contribution in [0.4, 0.5) is 0 Å². The van der Waals surface area contributed by atoms with Crippen LogP contribution in [0.15, 0.2) is 109 Å². The van der Waals surface area contributed by atoms with E-state index in [4.69, 9.17) is 14.2 Å². The van der Waals surface area contributed by atoms with Gasteiger partial charge in [0.05, 0.1) is 25.3 Å². The summed E-state index contributed by atoms with van der Waals surface area (Å²) in [4.78, 5) is 28.5. The van der Waals surface area contributed by atoms with E-state index >= 15 is 0 Å². The Labute approximate surface area is 245 Å². The van der Waals surface area contributed by atoms with Gasteiger partial charge in [-0.1, -0.05) is 66.7 Å². The molecule has 0 spiro atoms. The first-order chi connectivity index (χ1) is 20.5. The van der Waals surface area contributed by atoms with Crippen LogP contribution in [0.25, 0.3) is 5.76 Å². The molecule has 7 heteroatoms. The second-order valence-corrected chi connectivity index (χ2v) is 9.87. The van der Waals surface area contributed by atoms with Crippen molar-refractivity contribution in [3.05, 3.63) is 131 Å². The molecule has 0 bridgehead atoms. The summed E-state index contributed by atoms with van der Waals surface area (Å²) in [6.45, 7) is 2.91. The molecule has 1 amide bonds. The minimum absolute atomic E-state index is 0.0265. The molecule has 214 valence electrons. The predicted octanol–water partition coefficient (Wildman–Crippen LogP) is 6.34. The Morgan fingerprint density at radius 1 is 0.810 bits per heavy atom. The number of aliphatic hydroxyl groups excluding tert-OH is 1. The fourth-order valence-corrected chi connectivity index (χ4v) is 5.07. The highest BCUT2D eigenvalue weighted by atomic mass is 16.5. The van der Waals surface area contributed by atoms with E-state index in [0.717, 1.165) is 11.1 Å². The number of hydrogen-bond donors (Lipinski definition) is 1. The van der Waals surface area contributed by atoms with Crippen molar-refractivity contribution >= 4 is 17.4 Å². The van der Waals surface area contributed by atoms with Crippen molar-refractivity contribution in [1.82, 2.24) is 4.90 Å². The van der Waals surface area contributed by atoms with Crippen molar-refractivity contribution in [3.8, 4) is 17.2 Å². The number of nitrogens with zero attached hydrogens (tertiary/aromatic N) is 1. The highest BCUT2D eigenvalue weighted by Crippen LogP contribution is 2.42. The Kier molecular flexibility index (Phi) is 8.87. The number of benzene rings is 4. The molecule has 1 heterocycles. The molecule has 1 aliphatic heterocycles. The van der Waals surface area contributed by atoms with Crippen LogP contribution in [-0.2, 0) is 22.6 Å². The van der Waals surface area contributed by atoms with Gasteiger partial charge in [-0.15, -0.1) is 0 Å². The quantitative estimate of drug-likeness (QED) is 0.130. The van der Waals surface area contributed by atoms with Crippen LogP contribution < -0.4 is 14.2 Å². The molecule has 0 saturated carbocycles. The molecule has 1 atom stereocenters. The standard InChI is InChI=1S/C35H33NO6/c1-3-41-30-22-27(16-19-29(30)42-23-25-12-8-5-9-13-25)32-31(33(37)26-14-17-28(40-2)18-15-26)34(38)35(39)36(32)21-20-24-10-6-4-7-11-24/h4-19,22,32,37H,3,20-21,23H2,1-2H3. The summed E-state index contributed by atoms with van der Waals surface area (Å²) >= 11 is 0. The van der Waals surface area contributed by atoms with Crippen LogP contribution in [0, 0.1) is 0 Å². The summed E-state index contributed by atoms with van der Waals surface area (Å²) in [5.74, 6) is 0.00593. The molecule has 7 nitrogen and oxygen atoms in total. The van der Waals surface area contributed by atoms with Crippen LogP contribution in [0.1, 0.15) is 35.2 Å². The molecule has 1 fully saturated rings. The number of ether oxygens (including phenoxy) is 3. The molecule has 1 N–H and O–H groups in total. The average molecular weight is 564 g/mol. The van der Waals surface area contributed by atoms with Gasteiger partial charge in [-0.3, -0.25) is 9.59 Å². The molecule has 4 aromatic rings. The number of aliphatic hydroxyl groups is 1. The van der Waals surface area contributed by atoms with Crippen molar-refractivity contribution in [2.24, 2.45) is 0 Å². The number of amides is 1. The first-order valence-corrected chi connectivity index (χ1v) is 13.9. The lowest BCUT2D eigenvalue weighted by Gasteiger charge is -2.26. The van der Waals surface area contributed by atoms with Gasteiger partial charge < -0.3 is 24.2 Å². The van der Waals surface area contributed by atoms with Gasteiger partial charge in [-0.05, 0) is 66.4 Å².